The largest absolute Gasteiger partial charge is 0.481 e. The SMILES string of the molecule is C[C@H](Oc1cccc(Br)c1)C(=O)NNC(=O)c1ccccn1. The monoisotopic (exact) mass is 363 g/mol. The Kier molecular flexibility index (Phi) is 5.48. The first-order valence-corrected chi connectivity index (χ1v) is 7.29. The maximum Gasteiger partial charge on any atom is 0.288 e. The van der Waals surface area contributed by atoms with E-state index in [0.717, 1.165) is 4.47 Å². The summed E-state index contributed by atoms with van der Waals surface area (Å²) in [6.07, 6.45) is 0.730. The van der Waals surface area contributed by atoms with E-state index in [1.807, 2.05) is 6.07 Å². The molecule has 0 fully saturated rings. The summed E-state index contributed by atoms with van der Waals surface area (Å²) in [5.74, 6) is -0.416. The first-order chi connectivity index (χ1) is 10.6. The molecular weight excluding hydrogens is 350 g/mol. The van der Waals surface area contributed by atoms with E-state index in [2.05, 4.69) is 31.8 Å². The summed E-state index contributed by atoms with van der Waals surface area (Å²) >= 11 is 3.32. The molecule has 6 nitrogen and oxygen atoms in total. The third-order valence-electron chi connectivity index (χ3n) is 2.67. The molecule has 114 valence electrons. The minimum Gasteiger partial charge on any atom is -0.481 e. The number of hydrogen-bond donors (Lipinski definition) is 2. The number of benzene rings is 1. The minimum absolute atomic E-state index is 0.211. The van der Waals surface area contributed by atoms with E-state index >= 15 is 0 Å². The highest BCUT2D eigenvalue weighted by molar-refractivity contribution is 9.10. The van der Waals surface area contributed by atoms with E-state index in [1.165, 1.54) is 6.20 Å². The number of pyridine rings is 1. The molecule has 2 amide bonds. The molecule has 0 aliphatic rings. The fraction of sp³-hybridized carbons (Fsp3) is 0.133. The van der Waals surface area contributed by atoms with Crippen LogP contribution >= 0.6 is 15.9 Å². The van der Waals surface area contributed by atoms with Crippen molar-refractivity contribution in [3.8, 4) is 5.75 Å². The third kappa shape index (κ3) is 4.56. The summed E-state index contributed by atoms with van der Waals surface area (Å²) in [7, 11) is 0. The lowest BCUT2D eigenvalue weighted by Crippen LogP contribution is -2.47. The Hall–Kier alpha value is -2.41. The molecule has 0 bridgehead atoms. The number of hydrazine groups is 1. The summed E-state index contributed by atoms with van der Waals surface area (Å²) < 4.78 is 6.33. The lowest BCUT2D eigenvalue weighted by atomic mass is 10.3. The van der Waals surface area contributed by atoms with Gasteiger partial charge in [0.25, 0.3) is 11.8 Å². The minimum atomic E-state index is -0.765. The molecule has 0 saturated carbocycles. The molecule has 0 spiro atoms. The van der Waals surface area contributed by atoms with Gasteiger partial charge in [0.1, 0.15) is 11.4 Å². The molecule has 0 saturated heterocycles. The highest BCUT2D eigenvalue weighted by Crippen LogP contribution is 2.18. The van der Waals surface area contributed by atoms with Crippen LogP contribution in [0.15, 0.2) is 53.1 Å². The number of rotatable bonds is 4. The molecular formula is C15H14BrN3O3. The van der Waals surface area contributed by atoms with Crippen LogP contribution in [0, 0.1) is 0 Å². The Balaban J connectivity index is 1.85. The molecule has 2 rings (SSSR count). The van der Waals surface area contributed by atoms with E-state index in [4.69, 9.17) is 4.74 Å². The standard InChI is InChI=1S/C15H14BrN3O3/c1-10(22-12-6-4-5-11(16)9-12)14(20)18-19-15(21)13-7-2-3-8-17-13/h2-10H,1H3,(H,18,20)(H,19,21)/t10-/m0/s1. The predicted molar refractivity (Wildman–Crippen MR) is 84.1 cm³/mol. The normalized spacial score (nSPS) is 11.4. The van der Waals surface area contributed by atoms with Gasteiger partial charge in [0.2, 0.25) is 0 Å². The van der Waals surface area contributed by atoms with Crippen LogP contribution in [0.3, 0.4) is 0 Å². The molecule has 2 aromatic rings. The van der Waals surface area contributed by atoms with Crippen LogP contribution in [-0.4, -0.2) is 22.9 Å². The van der Waals surface area contributed by atoms with Crippen molar-refractivity contribution in [2.75, 3.05) is 0 Å². The maximum atomic E-state index is 11.9. The smallest absolute Gasteiger partial charge is 0.288 e. The first kappa shape index (κ1) is 16.0. The summed E-state index contributed by atoms with van der Waals surface area (Å²) in [5, 5.41) is 0. The van der Waals surface area contributed by atoms with Gasteiger partial charge in [-0.2, -0.15) is 0 Å². The highest BCUT2D eigenvalue weighted by Gasteiger charge is 2.16. The molecule has 0 unspecified atom stereocenters. The van der Waals surface area contributed by atoms with E-state index in [0.29, 0.717) is 5.75 Å². The maximum absolute atomic E-state index is 11.9. The van der Waals surface area contributed by atoms with E-state index in [1.54, 1.807) is 43.3 Å². The highest BCUT2D eigenvalue weighted by atomic mass is 79.9. The zero-order chi connectivity index (χ0) is 15.9. The number of nitrogens with one attached hydrogen (secondary N) is 2. The van der Waals surface area contributed by atoms with Crippen molar-refractivity contribution in [1.82, 2.24) is 15.8 Å². The molecule has 0 aliphatic carbocycles. The number of aromatic nitrogens is 1. The van der Waals surface area contributed by atoms with Crippen molar-refractivity contribution in [2.45, 2.75) is 13.0 Å². The fourth-order valence-corrected chi connectivity index (χ4v) is 1.96. The van der Waals surface area contributed by atoms with Gasteiger partial charge in [-0.3, -0.25) is 25.4 Å². The van der Waals surface area contributed by atoms with Gasteiger partial charge in [-0.15, -0.1) is 0 Å². The van der Waals surface area contributed by atoms with Crippen LogP contribution in [0.1, 0.15) is 17.4 Å². The zero-order valence-electron chi connectivity index (χ0n) is 11.7. The Morgan fingerprint density at radius 3 is 2.68 bits per heavy atom. The second kappa shape index (κ2) is 7.56. The summed E-state index contributed by atoms with van der Waals surface area (Å²) in [5.41, 5.74) is 4.80. The number of hydrogen-bond acceptors (Lipinski definition) is 4. The van der Waals surface area contributed by atoms with Gasteiger partial charge < -0.3 is 4.74 Å². The number of carbonyl (C=O) groups is 2. The summed E-state index contributed by atoms with van der Waals surface area (Å²) in [4.78, 5) is 27.5. The third-order valence-corrected chi connectivity index (χ3v) is 3.17. The quantitative estimate of drug-likeness (QED) is 0.814. The number of amides is 2. The number of ether oxygens (including phenoxy) is 1. The van der Waals surface area contributed by atoms with Gasteiger partial charge >= 0.3 is 0 Å². The van der Waals surface area contributed by atoms with Gasteiger partial charge in [-0.25, -0.2) is 0 Å². The van der Waals surface area contributed by atoms with Crippen LogP contribution in [0.25, 0.3) is 0 Å². The Bertz CT molecular complexity index is 664. The molecule has 0 aliphatic heterocycles. The van der Waals surface area contributed by atoms with Crippen LogP contribution in [0.2, 0.25) is 0 Å². The fourth-order valence-electron chi connectivity index (χ4n) is 1.58. The van der Waals surface area contributed by atoms with Gasteiger partial charge in [-0.1, -0.05) is 28.1 Å². The van der Waals surface area contributed by atoms with E-state index < -0.39 is 17.9 Å². The average molecular weight is 364 g/mol. The number of nitrogens with zero attached hydrogens (tertiary/aromatic N) is 1. The molecule has 1 aromatic heterocycles. The molecule has 1 heterocycles. The van der Waals surface area contributed by atoms with Crippen LogP contribution in [-0.2, 0) is 4.79 Å². The zero-order valence-corrected chi connectivity index (χ0v) is 13.3. The van der Waals surface area contributed by atoms with Crippen LogP contribution in [0.4, 0.5) is 0 Å². The lowest BCUT2D eigenvalue weighted by molar-refractivity contribution is -0.128. The van der Waals surface area contributed by atoms with E-state index in [9.17, 15) is 9.59 Å². The first-order valence-electron chi connectivity index (χ1n) is 6.49. The van der Waals surface area contributed by atoms with Crippen molar-refractivity contribution in [1.29, 1.82) is 0 Å². The van der Waals surface area contributed by atoms with Gasteiger partial charge in [-0.05, 0) is 37.3 Å². The molecule has 22 heavy (non-hydrogen) atoms. The molecule has 2 N–H and O–H groups in total. The Morgan fingerprint density at radius 1 is 1.18 bits per heavy atom. The number of halogens is 1. The van der Waals surface area contributed by atoms with E-state index in [-0.39, 0.29) is 5.69 Å². The number of carbonyl (C=O) groups excluding carboxylic acids is 2. The predicted octanol–water partition coefficient (Wildman–Crippen LogP) is 2.07. The van der Waals surface area contributed by atoms with Crippen molar-refractivity contribution in [2.24, 2.45) is 0 Å². The lowest BCUT2D eigenvalue weighted by Gasteiger charge is -2.15. The van der Waals surface area contributed by atoms with Gasteiger partial charge in [0.15, 0.2) is 6.10 Å². The molecule has 0 radical (unpaired) electrons. The summed E-state index contributed by atoms with van der Waals surface area (Å²) in [6, 6.07) is 12.1. The Morgan fingerprint density at radius 2 is 2.00 bits per heavy atom. The second-order valence-electron chi connectivity index (χ2n) is 4.38. The second-order valence-corrected chi connectivity index (χ2v) is 5.29. The van der Waals surface area contributed by atoms with Crippen molar-refractivity contribution in [3.63, 3.8) is 0 Å². The van der Waals surface area contributed by atoms with Crippen molar-refractivity contribution < 1.29 is 14.3 Å². The van der Waals surface area contributed by atoms with Crippen molar-refractivity contribution in [3.05, 3.63) is 58.8 Å². The van der Waals surface area contributed by atoms with Crippen LogP contribution < -0.4 is 15.6 Å². The average Bonchev–Trinajstić information content (AvgIpc) is 2.53. The summed E-state index contributed by atoms with van der Waals surface area (Å²) in [6.45, 7) is 1.59. The molecule has 1 aromatic carbocycles. The molecule has 7 heteroatoms. The van der Waals surface area contributed by atoms with Gasteiger partial charge in [0, 0.05) is 10.7 Å². The van der Waals surface area contributed by atoms with Crippen LogP contribution in [0.5, 0.6) is 5.75 Å². The van der Waals surface area contributed by atoms with Crippen molar-refractivity contribution >= 4 is 27.7 Å². The Labute approximate surface area is 136 Å². The topological polar surface area (TPSA) is 80.3 Å². The van der Waals surface area contributed by atoms with Gasteiger partial charge in [0.05, 0.1) is 0 Å². The molecule has 1 atom stereocenters.